The fourth-order valence-electron chi connectivity index (χ4n) is 3.56. The first kappa shape index (κ1) is 22.5. The molecule has 9 heteroatoms. The molecule has 1 aromatic heterocycles. The Morgan fingerprint density at radius 1 is 0.879 bits per heavy atom. The van der Waals surface area contributed by atoms with Gasteiger partial charge in [0.25, 0.3) is 11.8 Å². The molecule has 0 bridgehead atoms. The second-order valence-electron chi connectivity index (χ2n) is 7.51. The van der Waals surface area contributed by atoms with Crippen molar-refractivity contribution < 1.29 is 18.8 Å². The van der Waals surface area contributed by atoms with E-state index in [9.17, 15) is 18.8 Å². The third kappa shape index (κ3) is 5.56. The summed E-state index contributed by atoms with van der Waals surface area (Å²) in [4.78, 5) is 42.0. The van der Waals surface area contributed by atoms with Gasteiger partial charge >= 0.3 is 0 Å². The van der Waals surface area contributed by atoms with Gasteiger partial charge in [-0.25, -0.2) is 4.39 Å². The van der Waals surface area contributed by atoms with Crippen molar-refractivity contribution in [2.75, 3.05) is 43.4 Å². The number of anilines is 2. The van der Waals surface area contributed by atoms with E-state index in [1.807, 2.05) is 11.4 Å². The zero-order chi connectivity index (χ0) is 23.2. The molecular formula is C24H23FN4O3S. The highest BCUT2D eigenvalue weighted by Crippen LogP contribution is 2.18. The molecule has 3 aromatic rings. The molecule has 0 radical (unpaired) electrons. The molecule has 0 aliphatic carbocycles. The number of thiophene rings is 1. The van der Waals surface area contributed by atoms with E-state index in [0.717, 1.165) is 0 Å². The summed E-state index contributed by atoms with van der Waals surface area (Å²) in [6.07, 6.45) is 0. The molecule has 2 N–H and O–H groups in total. The van der Waals surface area contributed by atoms with Crippen molar-refractivity contribution >= 4 is 40.4 Å². The number of rotatable bonds is 6. The smallest absolute Gasteiger partial charge is 0.264 e. The fraction of sp³-hybridized carbons (Fsp3) is 0.208. The Hall–Kier alpha value is -3.72. The largest absolute Gasteiger partial charge is 0.376 e. The number of nitrogens with zero attached hydrogens (tertiary/aromatic N) is 2. The minimum Gasteiger partial charge on any atom is -0.376 e. The lowest BCUT2D eigenvalue weighted by Crippen LogP contribution is -2.51. The van der Waals surface area contributed by atoms with Crippen molar-refractivity contribution in [1.82, 2.24) is 9.80 Å². The van der Waals surface area contributed by atoms with E-state index >= 15 is 0 Å². The van der Waals surface area contributed by atoms with Crippen molar-refractivity contribution in [1.29, 1.82) is 0 Å². The minimum absolute atomic E-state index is 0.00341. The number of para-hydroxylation sites is 1. The highest BCUT2D eigenvalue weighted by Gasteiger charge is 2.25. The molecule has 0 unspecified atom stereocenters. The third-order valence-electron chi connectivity index (χ3n) is 5.36. The summed E-state index contributed by atoms with van der Waals surface area (Å²) in [6, 6.07) is 16.0. The first-order valence-electron chi connectivity index (χ1n) is 10.5. The topological polar surface area (TPSA) is 81.8 Å². The molecule has 170 valence electrons. The van der Waals surface area contributed by atoms with E-state index in [4.69, 9.17) is 0 Å². The Morgan fingerprint density at radius 2 is 1.58 bits per heavy atom. The van der Waals surface area contributed by atoms with E-state index in [-0.39, 0.29) is 30.1 Å². The third-order valence-corrected chi connectivity index (χ3v) is 6.21. The Balaban J connectivity index is 1.31. The predicted octanol–water partition coefficient (Wildman–Crippen LogP) is 3.54. The average molecular weight is 467 g/mol. The molecule has 2 heterocycles. The van der Waals surface area contributed by atoms with Gasteiger partial charge in [-0.2, -0.15) is 0 Å². The van der Waals surface area contributed by atoms with Crippen LogP contribution in [0.25, 0.3) is 0 Å². The van der Waals surface area contributed by atoms with Gasteiger partial charge in [0.2, 0.25) is 5.91 Å². The summed E-state index contributed by atoms with van der Waals surface area (Å²) >= 11 is 1.41. The van der Waals surface area contributed by atoms with Gasteiger partial charge in [-0.3, -0.25) is 14.4 Å². The summed E-state index contributed by atoms with van der Waals surface area (Å²) in [5.41, 5.74) is 1.38. The first-order valence-corrected chi connectivity index (χ1v) is 11.4. The second kappa shape index (κ2) is 10.3. The maximum absolute atomic E-state index is 13.1. The fourth-order valence-corrected chi connectivity index (χ4v) is 4.26. The molecule has 0 atom stereocenters. The van der Waals surface area contributed by atoms with Gasteiger partial charge in [-0.15, -0.1) is 11.3 Å². The SMILES string of the molecule is O=C(Nc1ccc(F)cc1)c1ccccc1NCC(=O)N1CCN(C(=O)c2cccs2)CC1. The lowest BCUT2D eigenvalue weighted by molar-refractivity contribution is -0.130. The van der Waals surface area contributed by atoms with Gasteiger partial charge in [0.05, 0.1) is 17.0 Å². The number of hydrogen-bond acceptors (Lipinski definition) is 5. The molecule has 1 aliphatic rings. The maximum Gasteiger partial charge on any atom is 0.264 e. The summed E-state index contributed by atoms with van der Waals surface area (Å²) in [5, 5.41) is 7.65. The molecular weight excluding hydrogens is 443 g/mol. The molecule has 7 nitrogen and oxygen atoms in total. The summed E-state index contributed by atoms with van der Waals surface area (Å²) in [7, 11) is 0. The predicted molar refractivity (Wildman–Crippen MR) is 126 cm³/mol. The highest BCUT2D eigenvalue weighted by atomic mass is 32.1. The number of amides is 3. The summed E-state index contributed by atoms with van der Waals surface area (Å²) in [6.45, 7) is 1.92. The monoisotopic (exact) mass is 466 g/mol. The van der Waals surface area contributed by atoms with E-state index in [2.05, 4.69) is 10.6 Å². The molecule has 2 aromatic carbocycles. The Labute approximate surface area is 194 Å². The Morgan fingerprint density at radius 3 is 2.27 bits per heavy atom. The highest BCUT2D eigenvalue weighted by molar-refractivity contribution is 7.12. The number of hydrogen-bond donors (Lipinski definition) is 2. The van der Waals surface area contributed by atoms with E-state index in [1.165, 1.54) is 35.6 Å². The van der Waals surface area contributed by atoms with Crippen LogP contribution in [0.1, 0.15) is 20.0 Å². The molecule has 1 fully saturated rings. The van der Waals surface area contributed by atoms with Crippen LogP contribution in [-0.2, 0) is 4.79 Å². The van der Waals surface area contributed by atoms with E-state index in [1.54, 1.807) is 40.1 Å². The summed E-state index contributed by atoms with van der Waals surface area (Å²) in [5.74, 6) is -0.855. The van der Waals surface area contributed by atoms with Crippen LogP contribution in [0.5, 0.6) is 0 Å². The standard InChI is InChI=1S/C24H23FN4O3S/c25-17-7-9-18(10-8-17)27-23(31)19-4-1-2-5-20(19)26-16-22(30)28-11-13-29(14-12-28)24(32)21-6-3-15-33-21/h1-10,15,26H,11-14,16H2,(H,27,31). The first-order chi connectivity index (χ1) is 16.0. The van der Waals surface area contributed by atoms with E-state index in [0.29, 0.717) is 48.0 Å². The van der Waals surface area contributed by atoms with Gasteiger partial charge in [0.1, 0.15) is 5.82 Å². The minimum atomic E-state index is -0.384. The van der Waals surface area contributed by atoms with Crippen molar-refractivity contribution in [3.05, 3.63) is 82.3 Å². The Bertz CT molecular complexity index is 1130. The second-order valence-corrected chi connectivity index (χ2v) is 8.46. The van der Waals surface area contributed by atoms with Crippen LogP contribution in [0, 0.1) is 5.82 Å². The van der Waals surface area contributed by atoms with E-state index < -0.39 is 0 Å². The Kier molecular flexibility index (Phi) is 6.99. The van der Waals surface area contributed by atoms with Crippen LogP contribution >= 0.6 is 11.3 Å². The van der Waals surface area contributed by atoms with Crippen molar-refractivity contribution in [3.8, 4) is 0 Å². The van der Waals surface area contributed by atoms with Gasteiger partial charge in [-0.05, 0) is 47.8 Å². The molecule has 33 heavy (non-hydrogen) atoms. The lowest BCUT2D eigenvalue weighted by Gasteiger charge is -2.34. The lowest BCUT2D eigenvalue weighted by atomic mass is 10.1. The number of halogens is 1. The van der Waals surface area contributed by atoms with Crippen molar-refractivity contribution in [3.63, 3.8) is 0 Å². The van der Waals surface area contributed by atoms with Gasteiger partial charge in [-0.1, -0.05) is 18.2 Å². The van der Waals surface area contributed by atoms with Crippen molar-refractivity contribution in [2.24, 2.45) is 0 Å². The van der Waals surface area contributed by atoms with Crippen molar-refractivity contribution in [2.45, 2.75) is 0 Å². The van der Waals surface area contributed by atoms with Crippen LogP contribution in [0.4, 0.5) is 15.8 Å². The van der Waals surface area contributed by atoms with Gasteiger partial charge in [0, 0.05) is 37.6 Å². The number of nitrogens with one attached hydrogen (secondary N) is 2. The van der Waals surface area contributed by atoms with Crippen LogP contribution < -0.4 is 10.6 Å². The van der Waals surface area contributed by atoms with Crippen LogP contribution in [0.2, 0.25) is 0 Å². The van der Waals surface area contributed by atoms with Crippen LogP contribution in [0.3, 0.4) is 0 Å². The molecule has 4 rings (SSSR count). The normalized spacial score (nSPS) is 13.5. The molecule has 1 saturated heterocycles. The zero-order valence-corrected chi connectivity index (χ0v) is 18.6. The molecule has 0 saturated carbocycles. The number of carbonyl (C=O) groups is 3. The summed E-state index contributed by atoms with van der Waals surface area (Å²) < 4.78 is 13.1. The van der Waals surface area contributed by atoms with Crippen LogP contribution in [0.15, 0.2) is 66.0 Å². The molecule has 1 aliphatic heterocycles. The molecule has 0 spiro atoms. The number of benzene rings is 2. The maximum atomic E-state index is 13.1. The zero-order valence-electron chi connectivity index (χ0n) is 17.8. The number of carbonyl (C=O) groups excluding carboxylic acids is 3. The van der Waals surface area contributed by atoms with Gasteiger partial charge in [0.15, 0.2) is 0 Å². The average Bonchev–Trinajstić information content (AvgIpc) is 3.39. The molecule has 3 amide bonds. The van der Waals surface area contributed by atoms with Gasteiger partial charge < -0.3 is 20.4 Å². The number of piperazine rings is 1. The quantitative estimate of drug-likeness (QED) is 0.582. The van der Waals surface area contributed by atoms with Crippen LogP contribution in [-0.4, -0.2) is 60.2 Å².